The predicted octanol–water partition coefficient (Wildman–Crippen LogP) is 5.53. The minimum atomic E-state index is -1.24. The Balaban J connectivity index is 1.53. The largest absolute Gasteiger partial charge is 0.441 e. The molecule has 1 unspecified atom stereocenters. The van der Waals surface area contributed by atoms with Gasteiger partial charge in [0.1, 0.15) is 18.7 Å². The minimum Gasteiger partial charge on any atom is -0.441 e. The molecule has 1 amide bonds. The molecule has 180 valence electrons. The lowest BCUT2D eigenvalue weighted by molar-refractivity contribution is 0.0729. The third kappa shape index (κ3) is 5.80. The van der Waals surface area contributed by atoms with E-state index in [-0.39, 0.29) is 11.8 Å². The number of hydrogen-bond acceptors (Lipinski definition) is 6. The summed E-state index contributed by atoms with van der Waals surface area (Å²) in [6.07, 6.45) is 2.63. The number of hydrogen-bond donors (Lipinski definition) is 0. The van der Waals surface area contributed by atoms with Crippen LogP contribution in [0.25, 0.3) is 11.4 Å². The fourth-order valence-corrected chi connectivity index (χ4v) is 4.36. The predicted molar refractivity (Wildman–Crippen MR) is 130 cm³/mol. The Labute approximate surface area is 203 Å². The van der Waals surface area contributed by atoms with Gasteiger partial charge in [0.25, 0.3) is 0 Å². The maximum absolute atomic E-state index is 13.9. The molecule has 1 atom stereocenters. The van der Waals surface area contributed by atoms with Gasteiger partial charge < -0.3 is 9.47 Å². The van der Waals surface area contributed by atoms with E-state index < -0.39 is 26.1 Å². The van der Waals surface area contributed by atoms with Gasteiger partial charge in [-0.1, -0.05) is 37.3 Å². The number of cyclic esters (lactones) is 1. The maximum atomic E-state index is 13.9. The van der Waals surface area contributed by atoms with E-state index in [2.05, 4.69) is 34.7 Å². The van der Waals surface area contributed by atoms with Gasteiger partial charge in [-0.05, 0) is 35.9 Å². The van der Waals surface area contributed by atoms with E-state index in [0.717, 1.165) is 11.6 Å². The Morgan fingerprint density at radius 3 is 2.68 bits per heavy atom. The number of carbonyl (C=O) groups excluding carboxylic acids is 1. The Kier molecular flexibility index (Phi) is 7.29. The Bertz CT molecular complexity index is 1160. The number of benzene rings is 1. The summed E-state index contributed by atoms with van der Waals surface area (Å²) >= 11 is 5.78. The normalized spacial score (nSPS) is 16.6. The summed E-state index contributed by atoms with van der Waals surface area (Å²) in [5, 5.41) is 4.60. The highest BCUT2D eigenvalue weighted by molar-refractivity contribution is 6.76. The van der Waals surface area contributed by atoms with Crippen LogP contribution in [0.2, 0.25) is 30.7 Å². The molecular formula is C23H27ClFN5O3Si. The summed E-state index contributed by atoms with van der Waals surface area (Å²) in [5.41, 5.74) is 1.33. The minimum absolute atomic E-state index is 0.0263. The number of anilines is 1. The fourth-order valence-electron chi connectivity index (χ4n) is 3.48. The quantitative estimate of drug-likeness (QED) is 0.297. The third-order valence-electron chi connectivity index (χ3n) is 5.44. The second kappa shape index (κ2) is 10.2. The van der Waals surface area contributed by atoms with Crippen molar-refractivity contribution in [3.63, 3.8) is 0 Å². The van der Waals surface area contributed by atoms with Crippen molar-refractivity contribution in [2.75, 3.05) is 18.1 Å². The van der Waals surface area contributed by atoms with Gasteiger partial charge in [0.15, 0.2) is 5.82 Å². The van der Waals surface area contributed by atoms with Crippen LogP contribution < -0.4 is 4.90 Å². The van der Waals surface area contributed by atoms with Crippen LogP contribution in [0.4, 0.5) is 15.1 Å². The molecule has 0 spiro atoms. The number of ether oxygens (including phenoxy) is 2. The van der Waals surface area contributed by atoms with Gasteiger partial charge in [0.2, 0.25) is 5.95 Å². The van der Waals surface area contributed by atoms with Gasteiger partial charge in [0, 0.05) is 45.6 Å². The SMILES string of the molecule is C[Si](C)(C)CCOCn1nc(-c2ccncc2)nc1N1CCC(c2ccc(Cl)c(F)c2)OC1=O. The number of pyridine rings is 1. The molecule has 0 aliphatic carbocycles. The van der Waals surface area contributed by atoms with Crippen molar-refractivity contribution in [2.24, 2.45) is 0 Å². The van der Waals surface area contributed by atoms with Crippen molar-refractivity contribution in [1.82, 2.24) is 19.7 Å². The molecule has 2 aromatic heterocycles. The average molecular weight is 504 g/mol. The zero-order valence-corrected chi connectivity index (χ0v) is 21.1. The first kappa shape index (κ1) is 24.3. The summed E-state index contributed by atoms with van der Waals surface area (Å²) in [4.78, 5) is 23.0. The van der Waals surface area contributed by atoms with E-state index in [1.54, 1.807) is 35.3 Å². The van der Waals surface area contributed by atoms with Crippen LogP contribution in [-0.2, 0) is 16.2 Å². The van der Waals surface area contributed by atoms with Crippen LogP contribution in [0, 0.1) is 5.82 Å². The summed E-state index contributed by atoms with van der Waals surface area (Å²) in [7, 11) is -1.24. The Morgan fingerprint density at radius 2 is 2.00 bits per heavy atom. The van der Waals surface area contributed by atoms with Crippen molar-refractivity contribution in [3.05, 3.63) is 59.1 Å². The number of amides is 1. The highest BCUT2D eigenvalue weighted by Gasteiger charge is 2.33. The zero-order valence-electron chi connectivity index (χ0n) is 19.4. The van der Waals surface area contributed by atoms with Crippen LogP contribution in [0.15, 0.2) is 42.7 Å². The summed E-state index contributed by atoms with van der Waals surface area (Å²) < 4.78 is 27.0. The van der Waals surface area contributed by atoms with E-state index in [1.165, 1.54) is 17.0 Å². The molecule has 1 saturated heterocycles. The van der Waals surface area contributed by atoms with Gasteiger partial charge in [-0.3, -0.25) is 4.98 Å². The molecule has 3 heterocycles. The van der Waals surface area contributed by atoms with Crippen molar-refractivity contribution >= 4 is 31.7 Å². The number of carbonyl (C=O) groups is 1. The van der Waals surface area contributed by atoms with E-state index in [9.17, 15) is 9.18 Å². The lowest BCUT2D eigenvalue weighted by Crippen LogP contribution is -2.41. The molecule has 4 rings (SSSR count). The molecule has 1 aliphatic rings. The van der Waals surface area contributed by atoms with Gasteiger partial charge in [-0.2, -0.15) is 4.98 Å². The lowest BCUT2D eigenvalue weighted by Gasteiger charge is -2.31. The van der Waals surface area contributed by atoms with Crippen molar-refractivity contribution in [1.29, 1.82) is 0 Å². The van der Waals surface area contributed by atoms with Crippen LogP contribution >= 0.6 is 11.6 Å². The molecule has 1 fully saturated rings. The van der Waals surface area contributed by atoms with Crippen molar-refractivity contribution in [2.45, 2.75) is 44.9 Å². The van der Waals surface area contributed by atoms with E-state index >= 15 is 0 Å². The first-order valence-electron chi connectivity index (χ1n) is 11.1. The topological polar surface area (TPSA) is 82.4 Å². The van der Waals surface area contributed by atoms with Crippen LogP contribution in [0.3, 0.4) is 0 Å². The number of halogens is 2. The summed E-state index contributed by atoms with van der Waals surface area (Å²) in [5.74, 6) is 0.251. The highest BCUT2D eigenvalue weighted by atomic mass is 35.5. The number of nitrogens with zero attached hydrogens (tertiary/aromatic N) is 5. The number of rotatable bonds is 8. The molecule has 8 nitrogen and oxygen atoms in total. The van der Waals surface area contributed by atoms with Gasteiger partial charge >= 0.3 is 6.09 Å². The Morgan fingerprint density at radius 1 is 1.24 bits per heavy atom. The first-order valence-corrected chi connectivity index (χ1v) is 15.2. The zero-order chi connectivity index (χ0) is 24.3. The molecule has 3 aromatic rings. The molecule has 0 N–H and O–H groups in total. The molecule has 1 aliphatic heterocycles. The average Bonchev–Trinajstić information content (AvgIpc) is 3.22. The second-order valence-corrected chi connectivity index (χ2v) is 15.3. The fraction of sp³-hybridized carbons (Fsp3) is 0.391. The second-order valence-electron chi connectivity index (χ2n) is 9.31. The van der Waals surface area contributed by atoms with Crippen molar-refractivity contribution in [3.8, 4) is 11.4 Å². The molecule has 34 heavy (non-hydrogen) atoms. The highest BCUT2D eigenvalue weighted by Crippen LogP contribution is 2.31. The summed E-state index contributed by atoms with van der Waals surface area (Å²) in [6, 6.07) is 9.03. The smallest absolute Gasteiger partial charge is 0.417 e. The van der Waals surface area contributed by atoms with Gasteiger partial charge in [-0.25, -0.2) is 18.8 Å². The molecule has 11 heteroatoms. The van der Waals surface area contributed by atoms with E-state index in [4.69, 9.17) is 21.1 Å². The van der Waals surface area contributed by atoms with Crippen LogP contribution in [0.1, 0.15) is 18.1 Å². The van der Waals surface area contributed by atoms with Gasteiger partial charge in [-0.15, -0.1) is 5.10 Å². The van der Waals surface area contributed by atoms with Crippen molar-refractivity contribution < 1.29 is 18.7 Å². The maximum Gasteiger partial charge on any atom is 0.417 e. The molecule has 0 saturated carbocycles. The molecule has 0 bridgehead atoms. The standard InChI is InChI=1S/C23H27ClFN5O3Si/c1-34(2,3)13-12-32-15-30-22(27-21(28-30)16-6-9-26-10-7-16)29-11-8-20(33-23(29)31)17-4-5-18(24)19(25)14-17/h4-7,9-10,14,20H,8,11-13,15H2,1-3H3. The molecular weight excluding hydrogens is 477 g/mol. The molecule has 1 aromatic carbocycles. The monoisotopic (exact) mass is 503 g/mol. The van der Waals surface area contributed by atoms with Gasteiger partial charge in [0.05, 0.1) is 5.02 Å². The summed E-state index contributed by atoms with van der Waals surface area (Å²) in [6.45, 7) is 7.95. The number of aromatic nitrogens is 4. The van der Waals surface area contributed by atoms with E-state index in [1.807, 2.05) is 0 Å². The molecule has 0 radical (unpaired) electrons. The first-order chi connectivity index (χ1) is 16.2. The van der Waals surface area contributed by atoms with E-state index in [0.29, 0.717) is 36.9 Å². The lowest BCUT2D eigenvalue weighted by atomic mass is 10.1. The van der Waals surface area contributed by atoms with Crippen LogP contribution in [-0.4, -0.2) is 47.1 Å². The Hall–Kier alpha value is -2.82. The van der Waals surface area contributed by atoms with Crippen LogP contribution in [0.5, 0.6) is 0 Å². The third-order valence-corrected chi connectivity index (χ3v) is 7.45.